The topological polar surface area (TPSA) is 62.7 Å². The van der Waals surface area contributed by atoms with Gasteiger partial charge in [-0.2, -0.15) is 4.79 Å². The van der Waals surface area contributed by atoms with E-state index >= 15 is 0 Å². The van der Waals surface area contributed by atoms with Crippen LogP contribution in [0.3, 0.4) is 0 Å². The van der Waals surface area contributed by atoms with Gasteiger partial charge in [0.15, 0.2) is 0 Å². The fraction of sp³-hybridized carbons (Fsp3) is 0.429. The minimum Gasteiger partial charge on any atom is -0.370 e. The summed E-state index contributed by atoms with van der Waals surface area (Å²) in [6, 6.07) is 10.1. The van der Waals surface area contributed by atoms with E-state index in [0.29, 0.717) is 0 Å². The molecule has 0 spiro atoms. The highest BCUT2D eigenvalue weighted by Crippen LogP contribution is 2.32. The molecule has 0 aliphatic carbocycles. The number of nitrogens with zero attached hydrogens (tertiary/aromatic N) is 2. The van der Waals surface area contributed by atoms with Crippen LogP contribution in [0.2, 0.25) is 0 Å². The molecule has 1 heterocycles. The van der Waals surface area contributed by atoms with Crippen molar-refractivity contribution in [1.82, 2.24) is 0 Å². The summed E-state index contributed by atoms with van der Waals surface area (Å²) in [6.45, 7) is 0. The van der Waals surface area contributed by atoms with Crippen molar-refractivity contribution in [3.63, 3.8) is 0 Å². The molecule has 1 aromatic carbocycles. The smallest absolute Gasteiger partial charge is 0.323 e. The van der Waals surface area contributed by atoms with Crippen molar-refractivity contribution in [3.05, 3.63) is 41.4 Å². The minimum atomic E-state index is -0.198. The maximum Gasteiger partial charge on any atom is 0.323 e. The number of hydrogen-bond donors (Lipinski definition) is 0. The van der Waals surface area contributed by atoms with E-state index in [-0.39, 0.29) is 24.4 Å². The highest BCUT2D eigenvalue weighted by atomic mass is 16.5. The summed E-state index contributed by atoms with van der Waals surface area (Å²) >= 11 is 0. The van der Waals surface area contributed by atoms with Crippen molar-refractivity contribution in [2.45, 2.75) is 37.9 Å². The molecule has 1 aromatic rings. The zero-order valence-electron chi connectivity index (χ0n) is 10.2. The zero-order chi connectivity index (χ0) is 12.8. The summed E-state index contributed by atoms with van der Waals surface area (Å²) in [6.07, 6.45) is 4.15. The van der Waals surface area contributed by atoms with E-state index < -0.39 is 0 Å². The lowest BCUT2D eigenvalue weighted by molar-refractivity contribution is -0.122. The molecule has 4 nitrogen and oxygen atoms in total. The van der Waals surface area contributed by atoms with Gasteiger partial charge in [0.1, 0.15) is 0 Å². The van der Waals surface area contributed by atoms with E-state index in [1.165, 1.54) is 0 Å². The number of benzene rings is 1. The molecule has 2 atom stereocenters. The second-order valence-corrected chi connectivity index (χ2v) is 4.50. The SMILES string of the molecule is [N-]=[N+]=CC(=O)C[C@@H]1CCC[C@H](c2ccccc2)O1. The summed E-state index contributed by atoms with van der Waals surface area (Å²) in [5.74, 6) is -0.198. The Balaban J connectivity index is 1.96. The first-order chi connectivity index (χ1) is 8.79. The van der Waals surface area contributed by atoms with Gasteiger partial charge >= 0.3 is 6.21 Å². The summed E-state index contributed by atoms with van der Waals surface area (Å²) in [7, 11) is 0. The van der Waals surface area contributed by atoms with Gasteiger partial charge in [-0.15, -0.1) is 0 Å². The van der Waals surface area contributed by atoms with Crippen LogP contribution in [-0.4, -0.2) is 22.9 Å². The van der Waals surface area contributed by atoms with Crippen LogP contribution in [0.15, 0.2) is 30.3 Å². The molecule has 0 aromatic heterocycles. The van der Waals surface area contributed by atoms with Crippen molar-refractivity contribution in [2.75, 3.05) is 0 Å². The minimum absolute atomic E-state index is 0.0730. The summed E-state index contributed by atoms with van der Waals surface area (Å²) in [4.78, 5) is 14.1. The molecule has 0 saturated carbocycles. The first kappa shape index (κ1) is 12.7. The molecule has 0 radical (unpaired) electrons. The Kier molecular flexibility index (Phi) is 4.40. The van der Waals surface area contributed by atoms with Crippen LogP contribution in [0.4, 0.5) is 0 Å². The van der Waals surface area contributed by atoms with E-state index in [1.54, 1.807) is 0 Å². The third-order valence-corrected chi connectivity index (χ3v) is 3.15. The normalized spacial score (nSPS) is 23.1. The molecule has 1 fully saturated rings. The summed E-state index contributed by atoms with van der Waals surface area (Å²) < 4.78 is 5.93. The van der Waals surface area contributed by atoms with E-state index in [9.17, 15) is 4.79 Å². The molecule has 0 bridgehead atoms. The highest BCUT2D eigenvalue weighted by Gasteiger charge is 2.25. The fourth-order valence-corrected chi connectivity index (χ4v) is 2.30. The molecule has 0 unspecified atom stereocenters. The molecule has 2 rings (SSSR count). The molecule has 1 saturated heterocycles. The van der Waals surface area contributed by atoms with E-state index in [0.717, 1.165) is 31.0 Å². The van der Waals surface area contributed by atoms with Gasteiger partial charge in [0.25, 0.3) is 0 Å². The molecular formula is C14H16N2O2. The first-order valence-corrected chi connectivity index (χ1v) is 6.20. The second-order valence-electron chi connectivity index (χ2n) is 4.50. The number of hydrogen-bond acceptors (Lipinski definition) is 2. The van der Waals surface area contributed by atoms with Crippen LogP contribution in [0.25, 0.3) is 5.53 Å². The van der Waals surface area contributed by atoms with Crippen molar-refractivity contribution < 1.29 is 14.3 Å². The lowest BCUT2D eigenvalue weighted by Crippen LogP contribution is -2.25. The monoisotopic (exact) mass is 244 g/mol. The number of ketones is 1. The highest BCUT2D eigenvalue weighted by molar-refractivity contribution is 6.25. The van der Waals surface area contributed by atoms with E-state index in [4.69, 9.17) is 10.3 Å². The van der Waals surface area contributed by atoms with Gasteiger partial charge in [0, 0.05) is 6.42 Å². The predicted molar refractivity (Wildman–Crippen MR) is 67.2 cm³/mol. The van der Waals surface area contributed by atoms with E-state index in [1.807, 2.05) is 30.3 Å². The van der Waals surface area contributed by atoms with Gasteiger partial charge in [-0.3, -0.25) is 4.79 Å². The van der Waals surface area contributed by atoms with Crippen molar-refractivity contribution >= 4 is 12.0 Å². The maximum absolute atomic E-state index is 11.4. The van der Waals surface area contributed by atoms with Crippen LogP contribution in [-0.2, 0) is 9.53 Å². The van der Waals surface area contributed by atoms with Gasteiger partial charge < -0.3 is 10.3 Å². The number of carbonyl (C=O) groups is 1. The quantitative estimate of drug-likeness (QED) is 0.464. The van der Waals surface area contributed by atoms with Gasteiger partial charge in [-0.1, -0.05) is 30.3 Å². The lowest BCUT2D eigenvalue weighted by atomic mass is 9.96. The summed E-state index contributed by atoms with van der Waals surface area (Å²) in [5.41, 5.74) is 9.46. The van der Waals surface area contributed by atoms with Crippen molar-refractivity contribution in [2.24, 2.45) is 0 Å². The Bertz CT molecular complexity index is 452. The van der Waals surface area contributed by atoms with Gasteiger partial charge in [0.2, 0.25) is 5.78 Å². The van der Waals surface area contributed by atoms with E-state index in [2.05, 4.69) is 4.79 Å². The number of Topliss-reactive ketones (excluding diaryl/α,β-unsaturated/α-hetero) is 1. The third-order valence-electron chi connectivity index (χ3n) is 3.15. The number of ether oxygens (including phenoxy) is 1. The molecule has 94 valence electrons. The first-order valence-electron chi connectivity index (χ1n) is 6.20. The summed E-state index contributed by atoms with van der Waals surface area (Å²) in [5, 5.41) is 0. The standard InChI is InChI=1S/C14H16N2O2/c15-16-10-12(17)9-13-7-4-8-14(18-13)11-5-2-1-3-6-11/h1-3,5-6,10,13-14H,4,7-9H2/t13-,14+/m0/s1. The van der Waals surface area contributed by atoms with Crippen LogP contribution in [0.5, 0.6) is 0 Å². The van der Waals surface area contributed by atoms with Crippen LogP contribution in [0.1, 0.15) is 37.4 Å². The molecule has 1 aliphatic heterocycles. The Morgan fingerprint density at radius 1 is 1.39 bits per heavy atom. The zero-order valence-corrected chi connectivity index (χ0v) is 10.2. The molecular weight excluding hydrogens is 228 g/mol. The van der Waals surface area contributed by atoms with Crippen LogP contribution >= 0.6 is 0 Å². The number of carbonyl (C=O) groups excluding carboxylic acids is 1. The number of rotatable bonds is 4. The largest absolute Gasteiger partial charge is 0.370 e. The van der Waals surface area contributed by atoms with Gasteiger partial charge in [-0.05, 0) is 24.8 Å². The fourth-order valence-electron chi connectivity index (χ4n) is 2.30. The molecule has 0 amide bonds. The average molecular weight is 244 g/mol. The predicted octanol–water partition coefficient (Wildman–Crippen LogP) is 2.56. The van der Waals surface area contributed by atoms with Gasteiger partial charge in [0.05, 0.1) is 12.2 Å². The van der Waals surface area contributed by atoms with Crippen molar-refractivity contribution in [1.29, 1.82) is 0 Å². The van der Waals surface area contributed by atoms with Crippen LogP contribution < -0.4 is 0 Å². The molecule has 18 heavy (non-hydrogen) atoms. The third kappa shape index (κ3) is 3.36. The Morgan fingerprint density at radius 3 is 2.89 bits per heavy atom. The average Bonchev–Trinajstić information content (AvgIpc) is 2.40. The second kappa shape index (κ2) is 6.24. The Hall–Kier alpha value is -1.77. The molecule has 1 aliphatic rings. The van der Waals surface area contributed by atoms with Crippen molar-refractivity contribution in [3.8, 4) is 0 Å². The Morgan fingerprint density at radius 2 is 2.17 bits per heavy atom. The Labute approximate surface area is 106 Å². The van der Waals surface area contributed by atoms with Gasteiger partial charge in [-0.25, -0.2) is 0 Å². The van der Waals surface area contributed by atoms with Crippen LogP contribution in [0, 0.1) is 0 Å². The lowest BCUT2D eigenvalue weighted by Gasteiger charge is -2.29. The molecule has 0 N–H and O–H groups in total. The molecule has 4 heteroatoms. The maximum atomic E-state index is 11.4.